The van der Waals surface area contributed by atoms with E-state index >= 15 is 0 Å². The van der Waals surface area contributed by atoms with Crippen molar-refractivity contribution in [2.24, 2.45) is 0 Å². The number of hydrogen-bond donors (Lipinski definition) is 0. The normalized spacial score (nSPS) is 22.7. The third-order valence-electron chi connectivity index (χ3n) is 3.78. The number of nitrogens with zero attached hydrogens (tertiary/aromatic N) is 1. The summed E-state index contributed by atoms with van der Waals surface area (Å²) in [7, 11) is -3.66. The van der Waals surface area contributed by atoms with Gasteiger partial charge in [0.15, 0.2) is 0 Å². The molecule has 128 valence electrons. The van der Waals surface area contributed by atoms with Crippen LogP contribution >= 0.6 is 15.9 Å². The zero-order chi connectivity index (χ0) is 17.7. The molecule has 1 aromatic carbocycles. The number of hydrogen-bond acceptors (Lipinski definition) is 4. The summed E-state index contributed by atoms with van der Waals surface area (Å²) in [6.07, 6.45) is 4.65. The van der Waals surface area contributed by atoms with Crippen molar-refractivity contribution in [3.8, 4) is 0 Å². The summed E-state index contributed by atoms with van der Waals surface area (Å²) >= 11 is 3.29. The molecule has 0 aliphatic carbocycles. The largest absolute Gasteiger partial charge is 0.444 e. The molecule has 7 heteroatoms. The number of fused-ring (bicyclic) bond motifs is 2. The second-order valence-electron chi connectivity index (χ2n) is 6.73. The fourth-order valence-electron chi connectivity index (χ4n) is 2.77. The Kier molecular flexibility index (Phi) is 4.12. The van der Waals surface area contributed by atoms with E-state index in [2.05, 4.69) is 15.9 Å². The molecule has 0 radical (unpaired) electrons. The smallest absolute Gasteiger partial charge is 0.411 e. The molecule has 0 aromatic heterocycles. The molecular formula is C17H18BrNO4S. The Morgan fingerprint density at radius 1 is 1.17 bits per heavy atom. The molecule has 5 nitrogen and oxygen atoms in total. The molecule has 0 N–H and O–H groups in total. The van der Waals surface area contributed by atoms with Crippen molar-refractivity contribution < 1.29 is 17.9 Å². The molecule has 1 aromatic rings. The lowest BCUT2D eigenvalue weighted by atomic mass is 10.2. The number of carbonyl (C=O) groups excluding carboxylic acids is 1. The van der Waals surface area contributed by atoms with Gasteiger partial charge in [-0.15, -0.1) is 0 Å². The Morgan fingerprint density at radius 2 is 1.79 bits per heavy atom. The third kappa shape index (κ3) is 3.02. The quantitative estimate of drug-likeness (QED) is 0.696. The van der Waals surface area contributed by atoms with Gasteiger partial charge < -0.3 is 4.74 Å². The molecule has 0 spiro atoms. The van der Waals surface area contributed by atoms with Gasteiger partial charge in [0.2, 0.25) is 9.84 Å². The van der Waals surface area contributed by atoms with Crippen molar-refractivity contribution in [1.29, 1.82) is 0 Å². The molecule has 0 fully saturated rings. The van der Waals surface area contributed by atoms with Gasteiger partial charge in [-0.2, -0.15) is 0 Å². The van der Waals surface area contributed by atoms with Crippen molar-refractivity contribution in [2.75, 3.05) is 0 Å². The lowest BCUT2D eigenvalue weighted by molar-refractivity contribution is 0.0245. The zero-order valence-corrected chi connectivity index (χ0v) is 16.0. The average molecular weight is 412 g/mol. The van der Waals surface area contributed by atoms with Crippen LogP contribution in [0.5, 0.6) is 0 Å². The maximum atomic E-state index is 12.9. The van der Waals surface area contributed by atoms with E-state index in [-0.39, 0.29) is 15.8 Å². The minimum atomic E-state index is -3.66. The number of ether oxygens (including phenoxy) is 1. The molecule has 2 heterocycles. The maximum absolute atomic E-state index is 12.9. The van der Waals surface area contributed by atoms with Gasteiger partial charge in [-0.3, -0.25) is 4.90 Å². The van der Waals surface area contributed by atoms with Crippen molar-refractivity contribution in [3.05, 3.63) is 51.9 Å². The third-order valence-corrected chi connectivity index (χ3v) is 6.20. The monoisotopic (exact) mass is 411 g/mol. The summed E-state index contributed by atoms with van der Waals surface area (Å²) in [6.45, 7) is 5.34. The molecule has 0 saturated heterocycles. The van der Waals surface area contributed by atoms with Crippen LogP contribution in [0.3, 0.4) is 0 Å². The summed E-state index contributed by atoms with van der Waals surface area (Å²) in [5, 5.41) is 0. The summed E-state index contributed by atoms with van der Waals surface area (Å²) < 4.78 is 32.0. The number of carbonyl (C=O) groups is 1. The Hall–Kier alpha value is -1.60. The van der Waals surface area contributed by atoms with E-state index < -0.39 is 27.6 Å². The van der Waals surface area contributed by atoms with E-state index in [0.29, 0.717) is 0 Å². The molecule has 2 atom stereocenters. The number of rotatable bonds is 2. The first kappa shape index (κ1) is 17.2. The predicted octanol–water partition coefficient (Wildman–Crippen LogP) is 3.66. The summed E-state index contributed by atoms with van der Waals surface area (Å²) in [5.74, 6) is 0. The summed E-state index contributed by atoms with van der Waals surface area (Å²) in [4.78, 5) is 14.3. The Balaban J connectivity index is 1.88. The minimum absolute atomic E-state index is 0.210. The van der Waals surface area contributed by atoms with Gasteiger partial charge in [0.1, 0.15) is 5.60 Å². The summed E-state index contributed by atoms with van der Waals surface area (Å²) in [5.41, 5.74) is -0.635. The lowest BCUT2D eigenvalue weighted by Crippen LogP contribution is -2.41. The van der Waals surface area contributed by atoms with Gasteiger partial charge in [0.25, 0.3) is 0 Å². The second kappa shape index (κ2) is 5.74. The highest BCUT2D eigenvalue weighted by atomic mass is 79.9. The number of sulfone groups is 1. The maximum Gasteiger partial charge on any atom is 0.411 e. The summed E-state index contributed by atoms with van der Waals surface area (Å²) in [6, 6.07) is 5.47. The van der Waals surface area contributed by atoms with E-state index in [1.165, 1.54) is 4.90 Å². The SMILES string of the molecule is CC(C)(C)OC(=O)N1C2C=CC1C(S(=O)(=O)c1ccc(Br)cc1)=C2. The van der Waals surface area contributed by atoms with Crippen LogP contribution in [-0.2, 0) is 14.6 Å². The van der Waals surface area contributed by atoms with Crippen molar-refractivity contribution >= 4 is 31.9 Å². The zero-order valence-electron chi connectivity index (χ0n) is 13.6. The van der Waals surface area contributed by atoms with Crippen LogP contribution in [0, 0.1) is 0 Å². The lowest BCUT2D eigenvalue weighted by Gasteiger charge is -2.28. The highest BCUT2D eigenvalue weighted by Crippen LogP contribution is 2.38. The molecule has 24 heavy (non-hydrogen) atoms. The molecule has 0 saturated carbocycles. The van der Waals surface area contributed by atoms with Crippen LogP contribution < -0.4 is 0 Å². The topological polar surface area (TPSA) is 63.7 Å². The fourth-order valence-corrected chi connectivity index (χ4v) is 4.63. The van der Waals surface area contributed by atoms with E-state index in [1.54, 1.807) is 57.2 Å². The van der Waals surface area contributed by atoms with E-state index in [9.17, 15) is 13.2 Å². The van der Waals surface area contributed by atoms with Crippen LogP contribution in [0.25, 0.3) is 0 Å². The minimum Gasteiger partial charge on any atom is -0.444 e. The van der Waals surface area contributed by atoms with E-state index in [0.717, 1.165) is 4.47 Å². The van der Waals surface area contributed by atoms with Gasteiger partial charge in [0, 0.05) is 4.47 Å². The van der Waals surface area contributed by atoms with Crippen LogP contribution in [0.15, 0.2) is 56.8 Å². The van der Waals surface area contributed by atoms with E-state index in [4.69, 9.17) is 4.74 Å². The van der Waals surface area contributed by atoms with Crippen molar-refractivity contribution in [3.63, 3.8) is 0 Å². The highest BCUT2D eigenvalue weighted by Gasteiger charge is 2.46. The van der Waals surface area contributed by atoms with Crippen LogP contribution in [0.1, 0.15) is 20.8 Å². The van der Waals surface area contributed by atoms with Crippen molar-refractivity contribution in [1.82, 2.24) is 4.90 Å². The Morgan fingerprint density at radius 3 is 2.38 bits per heavy atom. The molecule has 1 amide bonds. The Labute approximate surface area is 150 Å². The van der Waals surface area contributed by atoms with E-state index in [1.807, 2.05) is 6.08 Å². The number of halogens is 1. The molecule has 2 bridgehead atoms. The average Bonchev–Trinajstić information content (AvgIpc) is 3.04. The first-order valence-electron chi connectivity index (χ1n) is 7.51. The van der Waals surface area contributed by atoms with Crippen LogP contribution in [0.2, 0.25) is 0 Å². The molecule has 2 unspecified atom stereocenters. The number of benzene rings is 1. The predicted molar refractivity (Wildman–Crippen MR) is 94.2 cm³/mol. The molecule has 2 aliphatic rings. The Bertz CT molecular complexity index is 834. The van der Waals surface area contributed by atoms with Crippen LogP contribution in [0.4, 0.5) is 4.79 Å². The van der Waals surface area contributed by atoms with Crippen LogP contribution in [-0.4, -0.2) is 37.1 Å². The van der Waals surface area contributed by atoms with Gasteiger partial charge >= 0.3 is 6.09 Å². The van der Waals surface area contributed by atoms with Gasteiger partial charge in [-0.25, -0.2) is 13.2 Å². The molecule has 3 rings (SSSR count). The first-order chi connectivity index (χ1) is 11.1. The second-order valence-corrected chi connectivity index (χ2v) is 9.60. The first-order valence-corrected chi connectivity index (χ1v) is 9.79. The fraction of sp³-hybridized carbons (Fsp3) is 0.353. The van der Waals surface area contributed by atoms with Crippen molar-refractivity contribution in [2.45, 2.75) is 43.4 Å². The standard InChI is InChI=1S/C17H18BrNO4S/c1-17(2,3)23-16(20)19-12-6-9-14(19)15(10-12)24(21,22)13-7-4-11(18)5-8-13/h4-10,12,14H,1-3H3. The van der Waals surface area contributed by atoms with Gasteiger partial charge in [0.05, 0.1) is 21.9 Å². The van der Waals surface area contributed by atoms with Gasteiger partial charge in [-0.05, 0) is 51.1 Å². The van der Waals surface area contributed by atoms with Gasteiger partial charge in [-0.1, -0.05) is 28.1 Å². The highest BCUT2D eigenvalue weighted by molar-refractivity contribution is 9.10. The number of amides is 1. The molecule has 2 aliphatic heterocycles. The molecular weight excluding hydrogens is 394 g/mol.